The molecule has 0 aromatic carbocycles. The van der Waals surface area contributed by atoms with Crippen molar-refractivity contribution in [2.75, 3.05) is 13.1 Å². The van der Waals surface area contributed by atoms with Crippen LogP contribution < -0.4 is 10.0 Å². The highest BCUT2D eigenvalue weighted by Gasteiger charge is 2.16. The van der Waals surface area contributed by atoms with Crippen molar-refractivity contribution in [3.63, 3.8) is 0 Å². The van der Waals surface area contributed by atoms with Crippen molar-refractivity contribution in [1.29, 1.82) is 0 Å². The fraction of sp³-hybridized carbons (Fsp3) is 0.692. The highest BCUT2D eigenvalue weighted by atomic mass is 32.2. The van der Waals surface area contributed by atoms with Crippen molar-refractivity contribution < 1.29 is 8.42 Å². The lowest BCUT2D eigenvalue weighted by Gasteiger charge is -2.09. The fourth-order valence-corrected chi connectivity index (χ4v) is 2.74. The number of hydrogen-bond acceptors (Lipinski definition) is 3. The van der Waals surface area contributed by atoms with Crippen LogP contribution >= 0.6 is 0 Å². The highest BCUT2D eigenvalue weighted by Crippen LogP contribution is 2.11. The molecule has 0 aliphatic heterocycles. The first-order valence-electron chi connectivity index (χ1n) is 6.87. The number of aromatic nitrogens is 1. The molecule has 0 saturated carbocycles. The maximum atomic E-state index is 12.0. The molecule has 3 N–H and O–H groups in total. The lowest BCUT2D eigenvalue weighted by Crippen LogP contribution is -2.28. The van der Waals surface area contributed by atoms with Crippen LogP contribution in [0.2, 0.25) is 0 Å². The molecule has 1 aromatic heterocycles. The van der Waals surface area contributed by atoms with Gasteiger partial charge in [0.1, 0.15) is 0 Å². The normalized spacial score (nSPS) is 13.6. The molecule has 0 saturated heterocycles. The van der Waals surface area contributed by atoms with Crippen LogP contribution in [0.5, 0.6) is 0 Å². The zero-order chi connectivity index (χ0) is 14.3. The van der Waals surface area contributed by atoms with Gasteiger partial charge in [0.2, 0.25) is 10.0 Å². The number of nitrogens with one attached hydrogen (secondary N) is 3. The molecule has 19 heavy (non-hydrogen) atoms. The molecule has 1 atom stereocenters. The smallest absolute Gasteiger partial charge is 0.242 e. The second kappa shape index (κ2) is 7.67. The predicted molar refractivity (Wildman–Crippen MR) is 77.4 cm³/mol. The van der Waals surface area contributed by atoms with Gasteiger partial charge in [0.25, 0.3) is 0 Å². The summed E-state index contributed by atoms with van der Waals surface area (Å²) >= 11 is 0. The molecule has 1 unspecified atom stereocenters. The van der Waals surface area contributed by atoms with Crippen molar-refractivity contribution in [2.45, 2.75) is 45.1 Å². The largest absolute Gasteiger partial charge is 0.363 e. The van der Waals surface area contributed by atoms with Crippen molar-refractivity contribution in [1.82, 2.24) is 15.0 Å². The van der Waals surface area contributed by atoms with E-state index < -0.39 is 10.0 Å². The average Bonchev–Trinajstić information content (AvgIpc) is 2.86. The van der Waals surface area contributed by atoms with E-state index in [1.165, 1.54) is 0 Å². The SMILES string of the molecule is CCCNCc1cc(S(=O)(=O)NCC(C)CC)c[nH]1. The minimum Gasteiger partial charge on any atom is -0.363 e. The van der Waals surface area contributed by atoms with Gasteiger partial charge in [-0.05, 0) is 24.9 Å². The van der Waals surface area contributed by atoms with Gasteiger partial charge < -0.3 is 10.3 Å². The van der Waals surface area contributed by atoms with Gasteiger partial charge in [-0.25, -0.2) is 13.1 Å². The minimum absolute atomic E-state index is 0.309. The molecule has 1 aromatic rings. The van der Waals surface area contributed by atoms with Crippen LogP contribution in [-0.2, 0) is 16.6 Å². The Balaban J connectivity index is 2.58. The summed E-state index contributed by atoms with van der Waals surface area (Å²) in [6.45, 7) is 8.23. The van der Waals surface area contributed by atoms with Crippen LogP contribution in [0.3, 0.4) is 0 Å². The second-order valence-electron chi connectivity index (χ2n) is 4.90. The summed E-state index contributed by atoms with van der Waals surface area (Å²) in [7, 11) is -3.38. The first kappa shape index (κ1) is 16.2. The molecule has 110 valence electrons. The van der Waals surface area contributed by atoms with Crippen LogP contribution in [0.25, 0.3) is 0 Å². The maximum Gasteiger partial charge on any atom is 0.242 e. The van der Waals surface area contributed by atoms with Crippen LogP contribution in [0.1, 0.15) is 39.3 Å². The van der Waals surface area contributed by atoms with Crippen LogP contribution in [-0.4, -0.2) is 26.5 Å². The monoisotopic (exact) mass is 287 g/mol. The number of H-pyrrole nitrogens is 1. The fourth-order valence-electron chi connectivity index (χ4n) is 1.56. The Bertz CT molecular complexity index is 468. The summed E-state index contributed by atoms with van der Waals surface area (Å²) < 4.78 is 26.7. The van der Waals surface area contributed by atoms with Gasteiger partial charge >= 0.3 is 0 Å². The molecule has 0 spiro atoms. The van der Waals surface area contributed by atoms with Crippen molar-refractivity contribution in [3.05, 3.63) is 18.0 Å². The van der Waals surface area contributed by atoms with Gasteiger partial charge in [-0.15, -0.1) is 0 Å². The van der Waals surface area contributed by atoms with Gasteiger partial charge in [0.05, 0.1) is 4.90 Å². The first-order chi connectivity index (χ1) is 8.99. The van der Waals surface area contributed by atoms with E-state index in [0.29, 0.717) is 23.9 Å². The van der Waals surface area contributed by atoms with Crippen molar-refractivity contribution >= 4 is 10.0 Å². The molecular weight excluding hydrogens is 262 g/mol. The third kappa shape index (κ3) is 5.34. The van der Waals surface area contributed by atoms with E-state index in [2.05, 4.69) is 21.9 Å². The predicted octanol–water partition coefficient (Wildman–Crippen LogP) is 1.84. The quantitative estimate of drug-likeness (QED) is 0.607. The van der Waals surface area contributed by atoms with Gasteiger partial charge in [-0.3, -0.25) is 0 Å². The molecule has 0 bridgehead atoms. The molecule has 0 radical (unpaired) electrons. The number of rotatable bonds is 9. The Labute approximate surface area is 116 Å². The highest BCUT2D eigenvalue weighted by molar-refractivity contribution is 7.89. The van der Waals surface area contributed by atoms with E-state index in [-0.39, 0.29) is 0 Å². The maximum absolute atomic E-state index is 12.0. The topological polar surface area (TPSA) is 74.0 Å². The Morgan fingerprint density at radius 2 is 2.11 bits per heavy atom. The molecule has 0 fully saturated rings. The number of hydrogen-bond donors (Lipinski definition) is 3. The van der Waals surface area contributed by atoms with E-state index in [0.717, 1.165) is 25.1 Å². The molecule has 5 nitrogen and oxygen atoms in total. The molecule has 1 heterocycles. The Morgan fingerprint density at radius 3 is 2.74 bits per heavy atom. The van der Waals surface area contributed by atoms with E-state index in [4.69, 9.17) is 0 Å². The molecular formula is C13H25N3O2S. The van der Waals surface area contributed by atoms with Gasteiger partial charge in [-0.1, -0.05) is 27.2 Å². The van der Waals surface area contributed by atoms with Crippen LogP contribution in [0.4, 0.5) is 0 Å². The van der Waals surface area contributed by atoms with E-state index in [9.17, 15) is 8.42 Å². The van der Waals surface area contributed by atoms with Crippen molar-refractivity contribution in [2.24, 2.45) is 5.92 Å². The zero-order valence-electron chi connectivity index (χ0n) is 12.0. The lowest BCUT2D eigenvalue weighted by atomic mass is 10.1. The second-order valence-corrected chi connectivity index (χ2v) is 6.67. The summed E-state index contributed by atoms with van der Waals surface area (Å²) in [5.74, 6) is 0.347. The van der Waals surface area contributed by atoms with E-state index in [1.54, 1.807) is 12.3 Å². The molecule has 0 aliphatic carbocycles. The number of aromatic amines is 1. The Morgan fingerprint density at radius 1 is 1.37 bits per heavy atom. The molecule has 6 heteroatoms. The molecule has 0 amide bonds. The summed E-state index contributed by atoms with van der Waals surface area (Å²) in [6.07, 6.45) is 3.56. The first-order valence-corrected chi connectivity index (χ1v) is 8.35. The van der Waals surface area contributed by atoms with E-state index in [1.807, 2.05) is 13.8 Å². The molecule has 0 aliphatic rings. The summed E-state index contributed by atoms with van der Waals surface area (Å²) in [4.78, 5) is 3.30. The van der Waals surface area contributed by atoms with Gasteiger partial charge in [0.15, 0.2) is 0 Å². The minimum atomic E-state index is -3.38. The average molecular weight is 287 g/mol. The van der Waals surface area contributed by atoms with Gasteiger partial charge in [-0.2, -0.15) is 0 Å². The zero-order valence-corrected chi connectivity index (χ0v) is 12.8. The van der Waals surface area contributed by atoms with Crippen LogP contribution in [0, 0.1) is 5.92 Å². The number of sulfonamides is 1. The third-order valence-corrected chi connectivity index (χ3v) is 4.49. The van der Waals surface area contributed by atoms with E-state index >= 15 is 0 Å². The Hall–Kier alpha value is -0.850. The van der Waals surface area contributed by atoms with Crippen LogP contribution in [0.15, 0.2) is 17.2 Å². The standard InChI is InChI=1S/C13H25N3O2S/c1-4-6-14-9-12-7-13(10-15-12)19(17,18)16-8-11(3)5-2/h7,10-11,14-16H,4-6,8-9H2,1-3H3. The third-order valence-electron chi connectivity index (χ3n) is 3.09. The summed E-state index contributed by atoms with van der Waals surface area (Å²) in [5, 5.41) is 3.23. The van der Waals surface area contributed by atoms with Gasteiger partial charge in [0, 0.05) is 25.0 Å². The summed E-state index contributed by atoms with van der Waals surface area (Å²) in [6, 6.07) is 1.68. The Kier molecular flexibility index (Phi) is 6.54. The van der Waals surface area contributed by atoms with Crippen molar-refractivity contribution in [3.8, 4) is 0 Å². The summed E-state index contributed by atoms with van der Waals surface area (Å²) in [5.41, 5.74) is 0.886. The molecule has 1 rings (SSSR count). The lowest BCUT2D eigenvalue weighted by molar-refractivity contribution is 0.528.